The molecule has 0 fully saturated rings. The summed E-state index contributed by atoms with van der Waals surface area (Å²) >= 11 is 3.42. The second-order valence-electron chi connectivity index (χ2n) is 5.02. The molecule has 3 rings (SSSR count). The highest BCUT2D eigenvalue weighted by Gasteiger charge is 2.30. The van der Waals surface area contributed by atoms with Gasteiger partial charge in [-0.3, -0.25) is 4.98 Å². The zero-order valence-corrected chi connectivity index (χ0v) is 12.9. The van der Waals surface area contributed by atoms with E-state index in [9.17, 15) is 0 Å². The summed E-state index contributed by atoms with van der Waals surface area (Å²) in [6.07, 6.45) is 2.74. The predicted octanol–water partition coefficient (Wildman–Crippen LogP) is 3.15. The maximum atomic E-state index is 5.78. The minimum atomic E-state index is 0.326. The fourth-order valence-corrected chi connectivity index (χ4v) is 2.95. The van der Waals surface area contributed by atoms with Crippen LogP contribution in [0, 0.1) is 0 Å². The number of hydrogen-bond donors (Lipinski definition) is 1. The largest absolute Gasteiger partial charge is 0.493 e. The van der Waals surface area contributed by atoms with Gasteiger partial charge in [-0.05, 0) is 41.2 Å². The van der Waals surface area contributed by atoms with Crippen LogP contribution in [0.2, 0.25) is 0 Å². The molecule has 0 aliphatic carbocycles. The lowest BCUT2D eigenvalue weighted by Gasteiger charge is -2.22. The Morgan fingerprint density at radius 3 is 2.95 bits per heavy atom. The zero-order valence-electron chi connectivity index (χ0n) is 11.3. The number of aromatic nitrogens is 1. The highest BCUT2D eigenvalue weighted by atomic mass is 79.9. The van der Waals surface area contributed by atoms with Crippen LogP contribution in [0.3, 0.4) is 0 Å². The number of halogens is 1. The van der Waals surface area contributed by atoms with Crippen molar-refractivity contribution in [3.8, 4) is 5.75 Å². The van der Waals surface area contributed by atoms with Crippen LogP contribution in [0.5, 0.6) is 5.75 Å². The van der Waals surface area contributed by atoms with Crippen molar-refractivity contribution in [2.75, 3.05) is 13.7 Å². The molecule has 20 heavy (non-hydrogen) atoms. The van der Waals surface area contributed by atoms with Crippen molar-refractivity contribution in [2.24, 2.45) is 0 Å². The molecular formula is C16H17BrN2O. The number of likely N-dealkylation sites (N-methyl/N-ethyl adjacent to an activating group) is 1. The monoisotopic (exact) mass is 332 g/mol. The Morgan fingerprint density at radius 1 is 1.35 bits per heavy atom. The average Bonchev–Trinajstić information content (AvgIpc) is 2.91. The van der Waals surface area contributed by atoms with Gasteiger partial charge >= 0.3 is 0 Å². The molecule has 2 unspecified atom stereocenters. The van der Waals surface area contributed by atoms with Gasteiger partial charge < -0.3 is 10.1 Å². The fraction of sp³-hybridized carbons (Fsp3) is 0.312. The number of ether oxygens (including phenoxy) is 1. The number of benzene rings is 1. The molecule has 3 nitrogen and oxygen atoms in total. The minimum absolute atomic E-state index is 0.326. The van der Waals surface area contributed by atoms with Gasteiger partial charge in [0.1, 0.15) is 5.75 Å². The quantitative estimate of drug-likeness (QED) is 0.933. The molecule has 1 aromatic heterocycles. The Bertz CT molecular complexity index is 585. The van der Waals surface area contributed by atoms with Gasteiger partial charge in [-0.15, -0.1) is 0 Å². The van der Waals surface area contributed by atoms with Gasteiger partial charge in [0.2, 0.25) is 0 Å². The lowest BCUT2D eigenvalue weighted by molar-refractivity contribution is 0.301. The van der Waals surface area contributed by atoms with E-state index in [4.69, 9.17) is 4.74 Å². The topological polar surface area (TPSA) is 34.2 Å². The summed E-state index contributed by atoms with van der Waals surface area (Å²) in [7, 11) is 2.00. The third-order valence-corrected chi connectivity index (χ3v) is 4.28. The van der Waals surface area contributed by atoms with Gasteiger partial charge in [0.25, 0.3) is 0 Å². The molecule has 1 aromatic carbocycles. The number of pyridine rings is 1. The van der Waals surface area contributed by atoms with Crippen LogP contribution < -0.4 is 10.1 Å². The van der Waals surface area contributed by atoms with Crippen LogP contribution in [-0.4, -0.2) is 24.7 Å². The molecule has 104 valence electrons. The van der Waals surface area contributed by atoms with Crippen LogP contribution in [0.1, 0.15) is 17.2 Å². The van der Waals surface area contributed by atoms with Crippen molar-refractivity contribution in [1.82, 2.24) is 10.3 Å². The molecule has 0 saturated carbocycles. The van der Waals surface area contributed by atoms with E-state index in [1.165, 1.54) is 5.56 Å². The lowest BCUT2D eigenvalue weighted by atomic mass is 9.90. The SMILES string of the molecule is CNC(Cc1ccc(Br)cn1)C1COc2ccccc21. The van der Waals surface area contributed by atoms with E-state index in [2.05, 4.69) is 44.4 Å². The summed E-state index contributed by atoms with van der Waals surface area (Å²) in [5.74, 6) is 1.39. The summed E-state index contributed by atoms with van der Waals surface area (Å²) in [5, 5.41) is 3.42. The molecule has 4 heteroatoms. The van der Waals surface area contributed by atoms with Gasteiger partial charge in [0.05, 0.1) is 6.61 Å². The van der Waals surface area contributed by atoms with E-state index < -0.39 is 0 Å². The fourth-order valence-electron chi connectivity index (χ4n) is 2.72. The number of hydrogen-bond acceptors (Lipinski definition) is 3. The third-order valence-electron chi connectivity index (χ3n) is 3.81. The van der Waals surface area contributed by atoms with Crippen molar-refractivity contribution < 1.29 is 4.74 Å². The van der Waals surface area contributed by atoms with Gasteiger partial charge in [0.15, 0.2) is 0 Å². The van der Waals surface area contributed by atoms with Crippen LogP contribution >= 0.6 is 15.9 Å². The molecule has 2 atom stereocenters. The zero-order chi connectivity index (χ0) is 13.9. The van der Waals surface area contributed by atoms with Gasteiger partial charge in [-0.2, -0.15) is 0 Å². The number of nitrogens with zero attached hydrogens (tertiary/aromatic N) is 1. The van der Waals surface area contributed by atoms with Crippen molar-refractivity contribution in [2.45, 2.75) is 18.4 Å². The highest BCUT2D eigenvalue weighted by Crippen LogP contribution is 2.36. The maximum Gasteiger partial charge on any atom is 0.122 e. The first-order valence-electron chi connectivity index (χ1n) is 6.77. The van der Waals surface area contributed by atoms with Crippen LogP contribution in [0.15, 0.2) is 47.1 Å². The van der Waals surface area contributed by atoms with Crippen molar-refractivity contribution in [3.63, 3.8) is 0 Å². The lowest BCUT2D eigenvalue weighted by Crippen LogP contribution is -2.35. The van der Waals surface area contributed by atoms with E-state index in [-0.39, 0.29) is 0 Å². The summed E-state index contributed by atoms with van der Waals surface area (Å²) in [5.41, 5.74) is 2.39. The normalized spacial score (nSPS) is 18.4. The van der Waals surface area contributed by atoms with Crippen molar-refractivity contribution >= 4 is 15.9 Å². The second kappa shape index (κ2) is 5.94. The smallest absolute Gasteiger partial charge is 0.122 e. The number of para-hydroxylation sites is 1. The number of fused-ring (bicyclic) bond motifs is 1. The molecular weight excluding hydrogens is 316 g/mol. The van der Waals surface area contributed by atoms with E-state index in [1.54, 1.807) is 0 Å². The van der Waals surface area contributed by atoms with Gasteiger partial charge in [-0.1, -0.05) is 18.2 Å². The number of rotatable bonds is 4. The van der Waals surface area contributed by atoms with Crippen LogP contribution in [0.4, 0.5) is 0 Å². The minimum Gasteiger partial charge on any atom is -0.493 e. The summed E-state index contributed by atoms with van der Waals surface area (Å²) in [6.45, 7) is 0.737. The first kappa shape index (κ1) is 13.6. The Kier molecular flexibility index (Phi) is 4.03. The molecule has 0 saturated heterocycles. The summed E-state index contributed by atoms with van der Waals surface area (Å²) in [4.78, 5) is 4.47. The van der Waals surface area contributed by atoms with Gasteiger partial charge in [-0.25, -0.2) is 0 Å². The Balaban J connectivity index is 1.79. The van der Waals surface area contributed by atoms with E-state index >= 15 is 0 Å². The summed E-state index contributed by atoms with van der Waals surface area (Å²) in [6, 6.07) is 12.7. The Hall–Kier alpha value is -1.39. The molecule has 2 heterocycles. The third kappa shape index (κ3) is 2.72. The van der Waals surface area contributed by atoms with E-state index in [0.29, 0.717) is 12.0 Å². The maximum absolute atomic E-state index is 5.78. The van der Waals surface area contributed by atoms with Crippen molar-refractivity contribution in [1.29, 1.82) is 0 Å². The molecule has 1 aliphatic heterocycles. The van der Waals surface area contributed by atoms with E-state index in [0.717, 1.165) is 28.9 Å². The molecule has 1 N–H and O–H groups in total. The second-order valence-corrected chi connectivity index (χ2v) is 5.94. The molecule has 1 aliphatic rings. The first-order chi connectivity index (χ1) is 9.78. The highest BCUT2D eigenvalue weighted by molar-refractivity contribution is 9.10. The average molecular weight is 333 g/mol. The molecule has 0 spiro atoms. The molecule has 0 amide bonds. The standard InChI is InChI=1S/C16H17BrN2O/c1-18-15(8-12-7-6-11(17)9-19-12)14-10-20-16-5-3-2-4-13(14)16/h2-7,9,14-15,18H,8,10H2,1H3. The Morgan fingerprint density at radius 2 is 2.20 bits per heavy atom. The predicted molar refractivity (Wildman–Crippen MR) is 83.2 cm³/mol. The van der Waals surface area contributed by atoms with E-state index in [1.807, 2.05) is 31.4 Å². The summed E-state index contributed by atoms with van der Waals surface area (Å²) < 4.78 is 6.79. The van der Waals surface area contributed by atoms with Crippen molar-refractivity contribution in [3.05, 3.63) is 58.3 Å². The molecule has 0 radical (unpaired) electrons. The van der Waals surface area contributed by atoms with Gasteiger partial charge in [0, 0.05) is 40.3 Å². The first-order valence-corrected chi connectivity index (χ1v) is 7.56. The molecule has 0 bridgehead atoms. The molecule has 2 aromatic rings. The van der Waals surface area contributed by atoms with Crippen LogP contribution in [0.25, 0.3) is 0 Å². The number of nitrogens with one attached hydrogen (secondary N) is 1. The van der Waals surface area contributed by atoms with Crippen LogP contribution in [-0.2, 0) is 6.42 Å². The Labute approximate surface area is 127 Å².